The summed E-state index contributed by atoms with van der Waals surface area (Å²) in [6, 6.07) is 0. The van der Waals surface area contributed by atoms with Crippen LogP contribution in [0, 0.1) is 5.92 Å². The smallest absolute Gasteiger partial charge is 0.151 e. The van der Waals surface area contributed by atoms with E-state index in [1.165, 1.54) is 0 Å². The molecule has 0 aromatic heterocycles. The summed E-state index contributed by atoms with van der Waals surface area (Å²) < 4.78 is 23.1. The first-order chi connectivity index (χ1) is 7.94. The lowest BCUT2D eigenvalue weighted by Gasteiger charge is -2.22. The van der Waals surface area contributed by atoms with Crippen molar-refractivity contribution in [3.05, 3.63) is 0 Å². The lowest BCUT2D eigenvalue weighted by Crippen LogP contribution is -2.33. The zero-order chi connectivity index (χ0) is 12.9. The van der Waals surface area contributed by atoms with Gasteiger partial charge in [0.1, 0.15) is 0 Å². The number of nitrogens with zero attached hydrogens (tertiary/aromatic N) is 1. The molecule has 0 radical (unpaired) electrons. The maximum absolute atomic E-state index is 11.6. The first-order valence-electron chi connectivity index (χ1n) is 6.51. The molecular formula is C12H25NO3S. The standard InChI is InChI=1S/C12H25NO3S/c1-3-8-17(15,16)9-7-13(2)10-11-5-4-6-12(11)14/h11-12,14H,3-10H2,1-2H3. The lowest BCUT2D eigenvalue weighted by molar-refractivity contribution is 0.111. The predicted octanol–water partition coefficient (Wildman–Crippen LogP) is 0.904. The summed E-state index contributed by atoms with van der Waals surface area (Å²) in [7, 11) is -0.941. The lowest BCUT2D eigenvalue weighted by atomic mass is 10.1. The molecule has 0 aliphatic heterocycles. The van der Waals surface area contributed by atoms with E-state index in [2.05, 4.69) is 0 Å². The van der Waals surface area contributed by atoms with E-state index in [-0.39, 0.29) is 17.6 Å². The predicted molar refractivity (Wildman–Crippen MR) is 69.8 cm³/mol. The topological polar surface area (TPSA) is 57.6 Å². The van der Waals surface area contributed by atoms with Gasteiger partial charge in [-0.1, -0.05) is 13.3 Å². The molecule has 5 heteroatoms. The minimum Gasteiger partial charge on any atom is -0.393 e. The molecular weight excluding hydrogens is 238 g/mol. The Morgan fingerprint density at radius 2 is 2.00 bits per heavy atom. The van der Waals surface area contributed by atoms with Gasteiger partial charge in [-0.05, 0) is 32.2 Å². The minimum atomic E-state index is -2.88. The summed E-state index contributed by atoms with van der Waals surface area (Å²) in [5, 5.41) is 9.71. The summed E-state index contributed by atoms with van der Waals surface area (Å²) in [5.41, 5.74) is 0. The Morgan fingerprint density at radius 3 is 2.53 bits per heavy atom. The van der Waals surface area contributed by atoms with Crippen molar-refractivity contribution in [3.8, 4) is 0 Å². The normalized spacial score (nSPS) is 25.6. The third-order valence-corrected chi connectivity index (χ3v) is 5.30. The second-order valence-corrected chi connectivity index (χ2v) is 7.48. The van der Waals surface area contributed by atoms with Crippen LogP contribution in [0.3, 0.4) is 0 Å². The van der Waals surface area contributed by atoms with Crippen LogP contribution in [-0.2, 0) is 9.84 Å². The molecule has 2 atom stereocenters. The highest BCUT2D eigenvalue weighted by atomic mass is 32.2. The van der Waals surface area contributed by atoms with Gasteiger partial charge in [-0.25, -0.2) is 8.42 Å². The van der Waals surface area contributed by atoms with E-state index in [4.69, 9.17) is 0 Å². The molecule has 2 unspecified atom stereocenters. The molecule has 1 aliphatic rings. The van der Waals surface area contributed by atoms with Gasteiger partial charge in [-0.15, -0.1) is 0 Å². The highest BCUT2D eigenvalue weighted by Gasteiger charge is 2.26. The van der Waals surface area contributed by atoms with E-state index in [9.17, 15) is 13.5 Å². The van der Waals surface area contributed by atoms with Crippen molar-refractivity contribution in [1.29, 1.82) is 0 Å². The van der Waals surface area contributed by atoms with Gasteiger partial charge in [0.2, 0.25) is 0 Å². The molecule has 0 saturated heterocycles. The van der Waals surface area contributed by atoms with Crippen LogP contribution in [0.25, 0.3) is 0 Å². The molecule has 0 heterocycles. The number of aliphatic hydroxyl groups excluding tert-OH is 1. The second-order valence-electron chi connectivity index (χ2n) is 5.17. The fourth-order valence-electron chi connectivity index (χ4n) is 2.43. The molecule has 0 aromatic carbocycles. The first-order valence-corrected chi connectivity index (χ1v) is 8.34. The SMILES string of the molecule is CCCS(=O)(=O)CCN(C)CC1CCCC1O. The van der Waals surface area contributed by atoms with Gasteiger partial charge in [-0.3, -0.25) is 0 Å². The molecule has 102 valence electrons. The van der Waals surface area contributed by atoms with Crippen molar-refractivity contribution in [2.24, 2.45) is 5.92 Å². The van der Waals surface area contributed by atoms with E-state index in [0.29, 0.717) is 18.9 Å². The Hall–Kier alpha value is -0.130. The van der Waals surface area contributed by atoms with Crippen LogP contribution in [-0.4, -0.2) is 56.2 Å². The summed E-state index contributed by atoms with van der Waals surface area (Å²) in [5.74, 6) is 0.849. The number of rotatable bonds is 7. The number of hydrogen-bond acceptors (Lipinski definition) is 4. The Morgan fingerprint density at radius 1 is 1.29 bits per heavy atom. The van der Waals surface area contributed by atoms with E-state index in [1.54, 1.807) is 0 Å². The van der Waals surface area contributed by atoms with E-state index < -0.39 is 9.84 Å². The number of aliphatic hydroxyl groups is 1. The molecule has 0 amide bonds. The van der Waals surface area contributed by atoms with Gasteiger partial charge in [0.05, 0.1) is 11.9 Å². The highest BCUT2D eigenvalue weighted by Crippen LogP contribution is 2.25. The van der Waals surface area contributed by atoms with E-state index in [1.807, 2.05) is 18.9 Å². The zero-order valence-electron chi connectivity index (χ0n) is 10.9. The molecule has 1 rings (SSSR count). The maximum atomic E-state index is 11.6. The van der Waals surface area contributed by atoms with Crippen molar-refractivity contribution in [2.75, 3.05) is 31.6 Å². The second kappa shape index (κ2) is 6.71. The summed E-state index contributed by atoms with van der Waals surface area (Å²) >= 11 is 0. The molecule has 0 aromatic rings. The fraction of sp³-hybridized carbons (Fsp3) is 1.00. The van der Waals surface area contributed by atoms with E-state index >= 15 is 0 Å². The molecule has 1 fully saturated rings. The molecule has 0 spiro atoms. The summed E-state index contributed by atoms with van der Waals surface area (Å²) in [4.78, 5) is 2.03. The summed E-state index contributed by atoms with van der Waals surface area (Å²) in [6.45, 7) is 3.27. The quantitative estimate of drug-likeness (QED) is 0.741. The third kappa shape index (κ3) is 5.36. The summed E-state index contributed by atoms with van der Waals surface area (Å²) in [6.07, 6.45) is 3.55. The van der Waals surface area contributed by atoms with Gasteiger partial charge in [0.15, 0.2) is 9.84 Å². The van der Waals surface area contributed by atoms with Gasteiger partial charge in [-0.2, -0.15) is 0 Å². The van der Waals surface area contributed by atoms with Crippen LogP contribution >= 0.6 is 0 Å². The van der Waals surface area contributed by atoms with Crippen molar-refractivity contribution in [3.63, 3.8) is 0 Å². The Balaban J connectivity index is 2.27. The number of hydrogen-bond donors (Lipinski definition) is 1. The molecule has 1 N–H and O–H groups in total. The molecule has 1 saturated carbocycles. The van der Waals surface area contributed by atoms with Crippen LogP contribution in [0.2, 0.25) is 0 Å². The maximum Gasteiger partial charge on any atom is 0.151 e. The molecule has 17 heavy (non-hydrogen) atoms. The zero-order valence-corrected chi connectivity index (χ0v) is 11.7. The van der Waals surface area contributed by atoms with Crippen LogP contribution in [0.4, 0.5) is 0 Å². The van der Waals surface area contributed by atoms with Crippen molar-refractivity contribution < 1.29 is 13.5 Å². The van der Waals surface area contributed by atoms with Gasteiger partial charge < -0.3 is 10.0 Å². The minimum absolute atomic E-state index is 0.190. The van der Waals surface area contributed by atoms with Crippen molar-refractivity contribution in [1.82, 2.24) is 4.90 Å². The fourth-order valence-corrected chi connectivity index (χ4v) is 3.85. The molecule has 0 bridgehead atoms. The van der Waals surface area contributed by atoms with Crippen LogP contribution < -0.4 is 0 Å². The van der Waals surface area contributed by atoms with Gasteiger partial charge >= 0.3 is 0 Å². The van der Waals surface area contributed by atoms with E-state index in [0.717, 1.165) is 25.8 Å². The Bertz CT molecular complexity index is 316. The monoisotopic (exact) mass is 263 g/mol. The van der Waals surface area contributed by atoms with Crippen LogP contribution in [0.5, 0.6) is 0 Å². The molecule has 1 aliphatic carbocycles. The number of sulfone groups is 1. The van der Waals surface area contributed by atoms with Crippen LogP contribution in [0.1, 0.15) is 32.6 Å². The Labute approximate surface area is 105 Å². The van der Waals surface area contributed by atoms with Crippen LogP contribution in [0.15, 0.2) is 0 Å². The average Bonchev–Trinajstić information content (AvgIpc) is 2.62. The first kappa shape index (κ1) is 14.9. The highest BCUT2D eigenvalue weighted by molar-refractivity contribution is 7.91. The van der Waals surface area contributed by atoms with Crippen molar-refractivity contribution in [2.45, 2.75) is 38.7 Å². The average molecular weight is 263 g/mol. The van der Waals surface area contributed by atoms with Gasteiger partial charge in [0, 0.05) is 18.8 Å². The Kier molecular flexibility index (Phi) is 5.89. The molecule has 4 nitrogen and oxygen atoms in total. The largest absolute Gasteiger partial charge is 0.393 e. The van der Waals surface area contributed by atoms with Crippen molar-refractivity contribution >= 4 is 9.84 Å². The van der Waals surface area contributed by atoms with Gasteiger partial charge in [0.25, 0.3) is 0 Å². The third-order valence-electron chi connectivity index (χ3n) is 3.46.